The number of nitrogens with zero attached hydrogens (tertiary/aromatic N) is 1. The van der Waals surface area contributed by atoms with Crippen molar-refractivity contribution in [3.05, 3.63) is 59.7 Å². The third kappa shape index (κ3) is 3.06. The fraction of sp³-hybridized carbons (Fsp3) is 0.267. The van der Waals surface area contributed by atoms with Crippen LogP contribution in [0.1, 0.15) is 23.2 Å². The SMILES string of the molecule is CN(CC1=CCCC=C1)C(=O)c1ccccc1. The van der Waals surface area contributed by atoms with Gasteiger partial charge in [-0.15, -0.1) is 0 Å². The van der Waals surface area contributed by atoms with E-state index in [0.717, 1.165) is 18.4 Å². The number of hydrogen-bond acceptors (Lipinski definition) is 1. The van der Waals surface area contributed by atoms with Crippen LogP contribution in [0.3, 0.4) is 0 Å². The summed E-state index contributed by atoms with van der Waals surface area (Å²) in [5.41, 5.74) is 1.97. The van der Waals surface area contributed by atoms with Crippen LogP contribution >= 0.6 is 0 Å². The Morgan fingerprint density at radius 2 is 2.00 bits per heavy atom. The molecule has 0 bridgehead atoms. The number of hydrogen-bond donors (Lipinski definition) is 0. The molecule has 0 aliphatic heterocycles. The summed E-state index contributed by atoms with van der Waals surface area (Å²) in [6.07, 6.45) is 8.67. The molecule has 0 spiro atoms. The van der Waals surface area contributed by atoms with E-state index in [9.17, 15) is 4.79 Å². The third-order valence-corrected chi connectivity index (χ3v) is 2.86. The number of rotatable bonds is 3. The lowest BCUT2D eigenvalue weighted by atomic mass is 10.1. The average Bonchev–Trinajstić information content (AvgIpc) is 2.40. The van der Waals surface area contributed by atoms with E-state index in [-0.39, 0.29) is 5.91 Å². The molecule has 0 heterocycles. The standard InChI is InChI=1S/C15H17NO/c1-16(12-13-8-4-2-5-9-13)15(17)14-10-6-3-7-11-14/h3-4,6-11H,2,5,12H2,1H3. The molecular formula is C15H17NO. The molecule has 2 rings (SSSR count). The molecular weight excluding hydrogens is 210 g/mol. The van der Waals surface area contributed by atoms with E-state index >= 15 is 0 Å². The first kappa shape index (κ1) is 11.6. The van der Waals surface area contributed by atoms with Gasteiger partial charge in [0.05, 0.1) is 0 Å². The average molecular weight is 227 g/mol. The van der Waals surface area contributed by atoms with Gasteiger partial charge in [0, 0.05) is 19.2 Å². The smallest absolute Gasteiger partial charge is 0.253 e. The minimum atomic E-state index is 0.0745. The van der Waals surface area contributed by atoms with E-state index in [1.54, 1.807) is 4.90 Å². The Bertz CT molecular complexity index is 445. The van der Waals surface area contributed by atoms with E-state index in [1.165, 1.54) is 5.57 Å². The minimum absolute atomic E-state index is 0.0745. The summed E-state index contributed by atoms with van der Waals surface area (Å²) in [4.78, 5) is 13.9. The second-order valence-corrected chi connectivity index (χ2v) is 4.29. The molecule has 1 aliphatic rings. The lowest BCUT2D eigenvalue weighted by molar-refractivity contribution is 0.0807. The summed E-state index contributed by atoms with van der Waals surface area (Å²) in [6.45, 7) is 0.685. The maximum absolute atomic E-state index is 12.1. The monoisotopic (exact) mass is 227 g/mol. The molecule has 2 heteroatoms. The van der Waals surface area contributed by atoms with Crippen LogP contribution in [0.4, 0.5) is 0 Å². The van der Waals surface area contributed by atoms with Gasteiger partial charge in [0.15, 0.2) is 0 Å². The van der Waals surface area contributed by atoms with Crippen molar-refractivity contribution in [2.24, 2.45) is 0 Å². The Kier molecular flexibility index (Phi) is 3.76. The molecule has 1 aromatic rings. The van der Waals surface area contributed by atoms with E-state index in [2.05, 4.69) is 18.2 Å². The van der Waals surface area contributed by atoms with Crippen molar-refractivity contribution in [3.8, 4) is 0 Å². The van der Waals surface area contributed by atoms with Gasteiger partial charge in [-0.05, 0) is 30.5 Å². The Morgan fingerprint density at radius 1 is 1.24 bits per heavy atom. The number of benzene rings is 1. The van der Waals surface area contributed by atoms with Crippen molar-refractivity contribution in [2.45, 2.75) is 12.8 Å². The van der Waals surface area contributed by atoms with Crippen molar-refractivity contribution in [1.82, 2.24) is 4.90 Å². The second kappa shape index (κ2) is 5.48. The molecule has 0 aromatic heterocycles. The zero-order chi connectivity index (χ0) is 12.1. The van der Waals surface area contributed by atoms with Gasteiger partial charge >= 0.3 is 0 Å². The maximum Gasteiger partial charge on any atom is 0.253 e. The molecule has 1 aliphatic carbocycles. The molecule has 0 N–H and O–H groups in total. The quantitative estimate of drug-likeness (QED) is 0.777. The van der Waals surface area contributed by atoms with Crippen LogP contribution in [0, 0.1) is 0 Å². The number of carbonyl (C=O) groups is 1. The highest BCUT2D eigenvalue weighted by Crippen LogP contribution is 2.12. The largest absolute Gasteiger partial charge is 0.337 e. The van der Waals surface area contributed by atoms with Crippen LogP contribution in [0.5, 0.6) is 0 Å². The molecule has 1 amide bonds. The van der Waals surface area contributed by atoms with Crippen LogP contribution in [0.25, 0.3) is 0 Å². The van der Waals surface area contributed by atoms with E-state index in [4.69, 9.17) is 0 Å². The number of amides is 1. The highest BCUT2D eigenvalue weighted by molar-refractivity contribution is 5.94. The van der Waals surface area contributed by atoms with E-state index < -0.39 is 0 Å². The van der Waals surface area contributed by atoms with Crippen molar-refractivity contribution in [2.75, 3.05) is 13.6 Å². The van der Waals surface area contributed by atoms with Crippen LogP contribution < -0.4 is 0 Å². The second-order valence-electron chi connectivity index (χ2n) is 4.29. The zero-order valence-electron chi connectivity index (χ0n) is 10.1. The molecule has 17 heavy (non-hydrogen) atoms. The Hall–Kier alpha value is -1.83. The molecule has 0 unspecified atom stereocenters. The highest BCUT2D eigenvalue weighted by atomic mass is 16.2. The molecule has 0 atom stereocenters. The molecule has 88 valence electrons. The van der Waals surface area contributed by atoms with E-state index in [1.807, 2.05) is 37.4 Å². The van der Waals surface area contributed by atoms with Gasteiger partial charge in [0.2, 0.25) is 0 Å². The number of likely N-dealkylation sites (N-methyl/N-ethyl adjacent to an activating group) is 1. The minimum Gasteiger partial charge on any atom is -0.337 e. The molecule has 0 saturated heterocycles. The summed E-state index contributed by atoms with van der Waals surface area (Å²) < 4.78 is 0. The van der Waals surface area contributed by atoms with Crippen molar-refractivity contribution in [1.29, 1.82) is 0 Å². The van der Waals surface area contributed by atoms with Gasteiger partial charge in [0.1, 0.15) is 0 Å². The van der Waals surface area contributed by atoms with Gasteiger partial charge in [-0.3, -0.25) is 4.79 Å². The van der Waals surface area contributed by atoms with Gasteiger partial charge in [-0.2, -0.15) is 0 Å². The zero-order valence-corrected chi connectivity index (χ0v) is 10.1. The normalized spacial score (nSPS) is 14.3. The molecule has 2 nitrogen and oxygen atoms in total. The Labute approximate surface area is 102 Å². The first-order valence-electron chi connectivity index (χ1n) is 5.93. The molecule has 1 aromatic carbocycles. The predicted octanol–water partition coefficient (Wildman–Crippen LogP) is 3.04. The summed E-state index contributed by atoms with van der Waals surface area (Å²) in [5, 5.41) is 0. The van der Waals surface area contributed by atoms with Gasteiger partial charge in [0.25, 0.3) is 5.91 Å². The molecule has 0 fully saturated rings. The van der Waals surface area contributed by atoms with E-state index in [0.29, 0.717) is 6.54 Å². The van der Waals surface area contributed by atoms with Crippen LogP contribution in [-0.2, 0) is 0 Å². The maximum atomic E-state index is 12.1. The fourth-order valence-electron chi connectivity index (χ4n) is 1.93. The first-order valence-corrected chi connectivity index (χ1v) is 5.93. The van der Waals surface area contributed by atoms with Crippen LogP contribution in [0.2, 0.25) is 0 Å². The summed E-state index contributed by atoms with van der Waals surface area (Å²) in [6, 6.07) is 9.40. The van der Waals surface area contributed by atoms with Crippen LogP contribution in [-0.4, -0.2) is 24.4 Å². The van der Waals surface area contributed by atoms with Crippen molar-refractivity contribution in [3.63, 3.8) is 0 Å². The fourth-order valence-corrected chi connectivity index (χ4v) is 1.93. The number of carbonyl (C=O) groups excluding carboxylic acids is 1. The Morgan fingerprint density at radius 3 is 2.65 bits per heavy atom. The van der Waals surface area contributed by atoms with Crippen molar-refractivity contribution >= 4 is 5.91 Å². The highest BCUT2D eigenvalue weighted by Gasteiger charge is 2.11. The van der Waals surface area contributed by atoms with Gasteiger partial charge < -0.3 is 4.90 Å². The molecule has 0 radical (unpaired) electrons. The first-order chi connectivity index (χ1) is 8.27. The summed E-state index contributed by atoms with van der Waals surface area (Å²) in [5.74, 6) is 0.0745. The predicted molar refractivity (Wildman–Crippen MR) is 69.9 cm³/mol. The topological polar surface area (TPSA) is 20.3 Å². The molecule has 0 saturated carbocycles. The number of allylic oxidation sites excluding steroid dienone is 2. The van der Waals surface area contributed by atoms with Gasteiger partial charge in [-0.25, -0.2) is 0 Å². The lowest BCUT2D eigenvalue weighted by Gasteiger charge is -2.19. The third-order valence-electron chi connectivity index (χ3n) is 2.86. The summed E-state index contributed by atoms with van der Waals surface area (Å²) >= 11 is 0. The Balaban J connectivity index is 2.01. The van der Waals surface area contributed by atoms with Gasteiger partial charge in [-0.1, -0.05) is 36.4 Å². The summed E-state index contributed by atoms with van der Waals surface area (Å²) in [7, 11) is 1.85. The van der Waals surface area contributed by atoms with Crippen LogP contribution in [0.15, 0.2) is 54.1 Å². The van der Waals surface area contributed by atoms with Crippen molar-refractivity contribution < 1.29 is 4.79 Å². The lowest BCUT2D eigenvalue weighted by Crippen LogP contribution is -2.28.